The van der Waals surface area contributed by atoms with Gasteiger partial charge in [0.25, 0.3) is 0 Å². The van der Waals surface area contributed by atoms with Gasteiger partial charge in [0.15, 0.2) is 0 Å². The van der Waals surface area contributed by atoms with Gasteiger partial charge >= 0.3 is 0 Å². The molecule has 0 aromatic heterocycles. The number of benzene rings is 2. The van der Waals surface area contributed by atoms with Crippen LogP contribution in [0.25, 0.3) is 11.1 Å². The Kier molecular flexibility index (Phi) is 4.41. The van der Waals surface area contributed by atoms with Crippen LogP contribution in [0, 0.1) is 0 Å². The quantitative estimate of drug-likeness (QED) is 0.854. The van der Waals surface area contributed by atoms with Crippen molar-refractivity contribution >= 4 is 5.69 Å². The third-order valence-electron chi connectivity index (χ3n) is 3.97. The molecule has 1 saturated heterocycles. The summed E-state index contributed by atoms with van der Waals surface area (Å²) in [4.78, 5) is 2.46. The molecule has 21 heavy (non-hydrogen) atoms. The van der Waals surface area contributed by atoms with E-state index in [1.54, 1.807) is 0 Å². The predicted octanol–water partition coefficient (Wildman–Crippen LogP) is 3.41. The van der Waals surface area contributed by atoms with Crippen molar-refractivity contribution in [3.63, 3.8) is 0 Å². The third kappa shape index (κ3) is 3.76. The molecular weight excluding hydrogens is 260 g/mol. The highest BCUT2D eigenvalue weighted by Crippen LogP contribution is 2.23. The average Bonchev–Trinajstić information content (AvgIpc) is 3.02. The molecular formula is C18H22N2O. The van der Waals surface area contributed by atoms with Crippen molar-refractivity contribution in [3.05, 3.63) is 48.5 Å². The number of anilines is 1. The minimum Gasteiger partial charge on any atom is -0.492 e. The maximum Gasteiger partial charge on any atom is 0.119 e. The topological polar surface area (TPSA) is 38.5 Å². The Labute approximate surface area is 126 Å². The second kappa shape index (κ2) is 6.64. The van der Waals surface area contributed by atoms with Crippen molar-refractivity contribution in [2.45, 2.75) is 12.8 Å². The molecule has 0 bridgehead atoms. The first-order valence-electron chi connectivity index (χ1n) is 7.62. The highest BCUT2D eigenvalue weighted by Gasteiger charge is 2.10. The highest BCUT2D eigenvalue weighted by atomic mass is 16.5. The molecule has 2 aromatic rings. The summed E-state index contributed by atoms with van der Waals surface area (Å²) in [5, 5.41) is 0. The first kappa shape index (κ1) is 14.0. The molecule has 0 aliphatic carbocycles. The van der Waals surface area contributed by atoms with Crippen molar-refractivity contribution in [2.24, 2.45) is 0 Å². The van der Waals surface area contributed by atoms with Crippen LogP contribution in [0.1, 0.15) is 12.8 Å². The fourth-order valence-electron chi connectivity index (χ4n) is 2.72. The fourth-order valence-corrected chi connectivity index (χ4v) is 2.72. The number of likely N-dealkylation sites (tertiary alicyclic amines) is 1. The van der Waals surface area contributed by atoms with Crippen LogP contribution in [0.3, 0.4) is 0 Å². The fraction of sp³-hybridized carbons (Fsp3) is 0.333. The smallest absolute Gasteiger partial charge is 0.119 e. The van der Waals surface area contributed by atoms with Crippen LogP contribution >= 0.6 is 0 Å². The Morgan fingerprint density at radius 3 is 2.05 bits per heavy atom. The maximum absolute atomic E-state index is 5.82. The number of nitrogens with zero attached hydrogens (tertiary/aromatic N) is 1. The van der Waals surface area contributed by atoms with Gasteiger partial charge in [-0.15, -0.1) is 0 Å². The van der Waals surface area contributed by atoms with Crippen molar-refractivity contribution in [1.29, 1.82) is 0 Å². The van der Waals surface area contributed by atoms with Gasteiger partial charge in [-0.2, -0.15) is 0 Å². The zero-order chi connectivity index (χ0) is 14.5. The first-order valence-corrected chi connectivity index (χ1v) is 7.62. The van der Waals surface area contributed by atoms with Gasteiger partial charge in [-0.05, 0) is 61.3 Å². The largest absolute Gasteiger partial charge is 0.492 e. The Morgan fingerprint density at radius 1 is 0.857 bits per heavy atom. The summed E-state index contributed by atoms with van der Waals surface area (Å²) >= 11 is 0. The Bertz CT molecular complexity index is 557. The summed E-state index contributed by atoms with van der Waals surface area (Å²) in [5.41, 5.74) is 8.86. The van der Waals surface area contributed by atoms with E-state index in [0.29, 0.717) is 0 Å². The van der Waals surface area contributed by atoms with E-state index in [1.165, 1.54) is 37.1 Å². The molecule has 1 fully saturated rings. The number of nitrogens with two attached hydrogens (primary N) is 1. The highest BCUT2D eigenvalue weighted by molar-refractivity contribution is 5.66. The molecule has 3 heteroatoms. The molecule has 0 amide bonds. The number of hydrogen-bond donors (Lipinski definition) is 1. The van der Waals surface area contributed by atoms with Gasteiger partial charge in [0.2, 0.25) is 0 Å². The molecule has 2 N–H and O–H groups in total. The SMILES string of the molecule is Nc1ccc(-c2ccc(OCCN3CCCC3)cc2)cc1. The lowest BCUT2D eigenvalue weighted by atomic mass is 10.1. The van der Waals surface area contributed by atoms with Crippen LogP contribution in [0.2, 0.25) is 0 Å². The van der Waals surface area contributed by atoms with Crippen molar-refractivity contribution in [2.75, 3.05) is 32.0 Å². The van der Waals surface area contributed by atoms with E-state index >= 15 is 0 Å². The lowest BCUT2D eigenvalue weighted by Crippen LogP contribution is -2.25. The molecule has 0 saturated carbocycles. The summed E-state index contributed by atoms with van der Waals surface area (Å²) in [5.74, 6) is 0.938. The van der Waals surface area contributed by atoms with E-state index in [4.69, 9.17) is 10.5 Å². The number of hydrogen-bond acceptors (Lipinski definition) is 3. The number of rotatable bonds is 5. The van der Waals surface area contributed by atoms with Gasteiger partial charge in [0, 0.05) is 12.2 Å². The van der Waals surface area contributed by atoms with Crippen LogP contribution in [-0.2, 0) is 0 Å². The molecule has 2 aromatic carbocycles. The van der Waals surface area contributed by atoms with E-state index in [2.05, 4.69) is 17.0 Å². The molecule has 110 valence electrons. The van der Waals surface area contributed by atoms with Gasteiger partial charge in [0.1, 0.15) is 12.4 Å². The van der Waals surface area contributed by atoms with E-state index in [-0.39, 0.29) is 0 Å². The van der Waals surface area contributed by atoms with Gasteiger partial charge in [-0.25, -0.2) is 0 Å². The third-order valence-corrected chi connectivity index (χ3v) is 3.97. The number of ether oxygens (including phenoxy) is 1. The van der Waals surface area contributed by atoms with Gasteiger partial charge in [-0.1, -0.05) is 24.3 Å². The zero-order valence-corrected chi connectivity index (χ0v) is 12.3. The zero-order valence-electron chi connectivity index (χ0n) is 12.3. The van der Waals surface area contributed by atoms with E-state index in [0.717, 1.165) is 24.6 Å². The van der Waals surface area contributed by atoms with Crippen molar-refractivity contribution in [1.82, 2.24) is 4.90 Å². The van der Waals surface area contributed by atoms with Gasteiger partial charge in [0.05, 0.1) is 0 Å². The van der Waals surface area contributed by atoms with E-state index in [9.17, 15) is 0 Å². The lowest BCUT2D eigenvalue weighted by molar-refractivity contribution is 0.238. The molecule has 0 unspecified atom stereocenters. The Hall–Kier alpha value is -2.00. The van der Waals surface area contributed by atoms with Crippen molar-refractivity contribution in [3.8, 4) is 16.9 Å². The minimum absolute atomic E-state index is 0.765. The van der Waals surface area contributed by atoms with Crippen molar-refractivity contribution < 1.29 is 4.74 Å². The Balaban J connectivity index is 1.55. The summed E-state index contributed by atoms with van der Waals surface area (Å²) in [6.07, 6.45) is 2.66. The number of nitrogen functional groups attached to an aromatic ring is 1. The molecule has 1 aliphatic heterocycles. The normalized spacial score (nSPS) is 15.2. The first-order chi connectivity index (χ1) is 10.3. The van der Waals surface area contributed by atoms with E-state index in [1.807, 2.05) is 36.4 Å². The van der Waals surface area contributed by atoms with Crippen LogP contribution in [-0.4, -0.2) is 31.1 Å². The standard InChI is InChI=1S/C18H22N2O/c19-17-7-3-15(4-8-17)16-5-9-18(10-6-16)21-14-13-20-11-1-2-12-20/h3-10H,1-2,11-14,19H2. The molecule has 0 spiro atoms. The molecule has 3 nitrogen and oxygen atoms in total. The lowest BCUT2D eigenvalue weighted by Gasteiger charge is -2.15. The maximum atomic E-state index is 5.82. The molecule has 3 rings (SSSR count). The van der Waals surface area contributed by atoms with Crippen LogP contribution in [0.15, 0.2) is 48.5 Å². The summed E-state index contributed by atoms with van der Waals surface area (Å²) in [6.45, 7) is 4.24. The second-order valence-corrected chi connectivity index (χ2v) is 5.54. The molecule has 1 aliphatic rings. The minimum atomic E-state index is 0.765. The second-order valence-electron chi connectivity index (χ2n) is 5.54. The van der Waals surface area contributed by atoms with Gasteiger partial charge in [-0.3, -0.25) is 4.90 Å². The molecule has 1 heterocycles. The Morgan fingerprint density at radius 2 is 1.43 bits per heavy atom. The van der Waals surface area contributed by atoms with Crippen LogP contribution in [0.5, 0.6) is 5.75 Å². The monoisotopic (exact) mass is 282 g/mol. The van der Waals surface area contributed by atoms with Gasteiger partial charge < -0.3 is 10.5 Å². The average molecular weight is 282 g/mol. The predicted molar refractivity (Wildman–Crippen MR) is 87.5 cm³/mol. The van der Waals surface area contributed by atoms with Crippen LogP contribution < -0.4 is 10.5 Å². The summed E-state index contributed by atoms with van der Waals surface area (Å²) in [6, 6.07) is 16.2. The summed E-state index contributed by atoms with van der Waals surface area (Å²) < 4.78 is 5.82. The molecule has 0 atom stereocenters. The van der Waals surface area contributed by atoms with E-state index < -0.39 is 0 Å². The molecule has 0 radical (unpaired) electrons. The summed E-state index contributed by atoms with van der Waals surface area (Å²) in [7, 11) is 0. The van der Waals surface area contributed by atoms with Crippen LogP contribution in [0.4, 0.5) is 5.69 Å².